The molecule has 2 aromatic carbocycles. The summed E-state index contributed by atoms with van der Waals surface area (Å²) in [5, 5.41) is 43.3. The Morgan fingerprint density at radius 1 is 1.12 bits per heavy atom. The van der Waals surface area contributed by atoms with E-state index < -0.39 is 47.2 Å². The zero-order valence-corrected chi connectivity index (χ0v) is 23.7. The monoisotopic (exact) mass is 562 g/mol. The average Bonchev–Trinajstić information content (AvgIpc) is 3.19. The number of amides is 2. The van der Waals surface area contributed by atoms with E-state index in [4.69, 9.17) is 0 Å². The van der Waals surface area contributed by atoms with Crippen LogP contribution < -0.4 is 4.90 Å². The van der Waals surface area contributed by atoms with Gasteiger partial charge in [-0.1, -0.05) is 62.6 Å². The zero-order chi connectivity index (χ0) is 29.8. The highest BCUT2D eigenvalue weighted by molar-refractivity contribution is 6.22. The standard InChI is InChI=1S/C32H38N2O7/c1-4-7-20(14-21-8-5-11-24(36)15-21)12-13-28(37)29-25(19(2)3)17-26-30(27(29)18-35)32(39)33(31(26)38)22-9-6-10-23(16-22)34(40)41/h5-6,8-11,14-16,19,26-28,30,35-37H,4,7,12-13,17-18H2,1-3H3/b20-14+/t26-,27+,28-,30-/m1/s1. The third-order valence-corrected chi connectivity index (χ3v) is 8.22. The Morgan fingerprint density at radius 2 is 1.85 bits per heavy atom. The smallest absolute Gasteiger partial charge is 0.271 e. The molecule has 218 valence electrons. The molecule has 4 rings (SSSR count). The summed E-state index contributed by atoms with van der Waals surface area (Å²) in [6, 6.07) is 12.4. The number of benzene rings is 2. The molecule has 9 heteroatoms. The number of nitro benzene ring substituents is 1. The topological polar surface area (TPSA) is 141 Å². The van der Waals surface area contributed by atoms with Crippen LogP contribution >= 0.6 is 0 Å². The third-order valence-electron chi connectivity index (χ3n) is 8.22. The molecule has 0 saturated carbocycles. The molecule has 1 heterocycles. The van der Waals surface area contributed by atoms with E-state index in [1.165, 1.54) is 24.3 Å². The number of imide groups is 1. The number of allylic oxidation sites excluding steroid dienone is 2. The van der Waals surface area contributed by atoms with Crippen LogP contribution in [0.1, 0.15) is 58.4 Å². The van der Waals surface area contributed by atoms with Crippen molar-refractivity contribution in [3.05, 3.63) is 80.9 Å². The van der Waals surface area contributed by atoms with Crippen molar-refractivity contribution in [1.29, 1.82) is 0 Å². The number of carbonyl (C=O) groups excluding carboxylic acids is 2. The molecule has 2 aromatic rings. The molecular weight excluding hydrogens is 524 g/mol. The lowest BCUT2D eigenvalue weighted by Gasteiger charge is -2.38. The number of rotatable bonds is 11. The molecule has 9 nitrogen and oxygen atoms in total. The van der Waals surface area contributed by atoms with Gasteiger partial charge in [0.15, 0.2) is 0 Å². The maximum absolute atomic E-state index is 13.7. The number of anilines is 1. The Balaban J connectivity index is 1.63. The van der Waals surface area contributed by atoms with Gasteiger partial charge >= 0.3 is 0 Å². The Bertz CT molecular complexity index is 1380. The number of aromatic hydroxyl groups is 1. The lowest BCUT2D eigenvalue weighted by Crippen LogP contribution is -2.39. The van der Waals surface area contributed by atoms with Gasteiger partial charge in [-0.25, -0.2) is 4.90 Å². The van der Waals surface area contributed by atoms with Crippen LogP contribution in [0.15, 0.2) is 65.3 Å². The summed E-state index contributed by atoms with van der Waals surface area (Å²) in [4.78, 5) is 39.0. The Hall–Kier alpha value is -3.82. The molecule has 1 aliphatic carbocycles. The minimum absolute atomic E-state index is 0.0256. The molecule has 41 heavy (non-hydrogen) atoms. The fourth-order valence-corrected chi connectivity index (χ4v) is 6.36. The van der Waals surface area contributed by atoms with E-state index in [1.54, 1.807) is 18.2 Å². The molecule has 4 atom stereocenters. The average molecular weight is 563 g/mol. The van der Waals surface area contributed by atoms with Crippen LogP contribution in [0.5, 0.6) is 5.75 Å². The Labute approximate surface area is 240 Å². The lowest BCUT2D eigenvalue weighted by atomic mass is 9.66. The fourth-order valence-electron chi connectivity index (χ4n) is 6.36. The molecular formula is C32H38N2O7. The van der Waals surface area contributed by atoms with Crippen LogP contribution in [0.4, 0.5) is 11.4 Å². The zero-order valence-electron chi connectivity index (χ0n) is 23.7. The largest absolute Gasteiger partial charge is 0.508 e. The normalized spacial score (nSPS) is 22.0. The van der Waals surface area contributed by atoms with E-state index in [0.717, 1.165) is 34.5 Å². The van der Waals surface area contributed by atoms with Gasteiger partial charge in [0.2, 0.25) is 11.8 Å². The summed E-state index contributed by atoms with van der Waals surface area (Å²) < 4.78 is 0. The second-order valence-electron chi connectivity index (χ2n) is 11.3. The number of phenols is 1. The van der Waals surface area contributed by atoms with Crippen molar-refractivity contribution in [2.45, 2.75) is 59.0 Å². The van der Waals surface area contributed by atoms with Gasteiger partial charge in [-0.2, -0.15) is 0 Å². The number of hydrogen-bond acceptors (Lipinski definition) is 7. The van der Waals surface area contributed by atoms with E-state index in [-0.39, 0.29) is 29.5 Å². The minimum atomic E-state index is -0.926. The highest BCUT2D eigenvalue weighted by atomic mass is 16.6. The number of hydrogen-bond donors (Lipinski definition) is 3. The molecule has 1 aliphatic heterocycles. The second-order valence-corrected chi connectivity index (χ2v) is 11.3. The summed E-state index contributed by atoms with van der Waals surface area (Å²) in [6.07, 6.45) is 4.06. The number of aliphatic hydroxyl groups is 2. The molecule has 2 amide bonds. The van der Waals surface area contributed by atoms with Gasteiger partial charge in [0, 0.05) is 18.1 Å². The van der Waals surface area contributed by atoms with Crippen molar-refractivity contribution in [3.63, 3.8) is 0 Å². The number of non-ortho nitro benzene ring substituents is 1. The number of nitro groups is 1. The molecule has 0 radical (unpaired) electrons. The van der Waals surface area contributed by atoms with E-state index in [9.17, 15) is 35.0 Å². The molecule has 3 N–H and O–H groups in total. The first-order valence-electron chi connectivity index (χ1n) is 14.2. The van der Waals surface area contributed by atoms with Crippen LogP contribution in [0.25, 0.3) is 6.08 Å². The maximum atomic E-state index is 13.7. The van der Waals surface area contributed by atoms with Crippen molar-refractivity contribution in [3.8, 4) is 5.75 Å². The quantitative estimate of drug-likeness (QED) is 0.144. The van der Waals surface area contributed by atoms with Gasteiger partial charge in [0.1, 0.15) is 5.75 Å². The molecule has 0 spiro atoms. The Kier molecular flexibility index (Phi) is 9.40. The second kappa shape index (κ2) is 12.8. The van der Waals surface area contributed by atoms with E-state index >= 15 is 0 Å². The molecule has 0 bridgehead atoms. The van der Waals surface area contributed by atoms with Crippen LogP contribution in [0.2, 0.25) is 0 Å². The van der Waals surface area contributed by atoms with E-state index in [0.29, 0.717) is 18.4 Å². The van der Waals surface area contributed by atoms with Crippen molar-refractivity contribution in [2.75, 3.05) is 11.5 Å². The van der Waals surface area contributed by atoms with Gasteiger partial charge in [-0.05, 0) is 60.9 Å². The third kappa shape index (κ3) is 6.26. The first kappa shape index (κ1) is 30.1. The minimum Gasteiger partial charge on any atom is -0.508 e. The van der Waals surface area contributed by atoms with Crippen molar-refractivity contribution in [2.24, 2.45) is 23.7 Å². The predicted octanol–water partition coefficient (Wildman–Crippen LogP) is 5.40. The summed E-state index contributed by atoms with van der Waals surface area (Å²) in [7, 11) is 0. The first-order chi connectivity index (χ1) is 19.6. The SMILES string of the molecule is CCC/C(=C\c1cccc(O)c1)CC[C@@H](O)C1=C(C(C)C)C[C@H]2C(=O)N(c3cccc([N+](=O)[O-])c3)C(=O)[C@H]2[C@H]1CO. The van der Waals surface area contributed by atoms with Crippen molar-refractivity contribution in [1.82, 2.24) is 0 Å². The van der Waals surface area contributed by atoms with Gasteiger partial charge < -0.3 is 15.3 Å². The fraction of sp³-hybridized carbons (Fsp3) is 0.438. The predicted molar refractivity (Wildman–Crippen MR) is 156 cm³/mol. The molecule has 1 saturated heterocycles. The van der Waals surface area contributed by atoms with Gasteiger partial charge in [0.05, 0.1) is 35.2 Å². The number of nitrogens with zero attached hydrogens (tertiary/aromatic N) is 2. The number of phenolic OH excluding ortho intramolecular Hbond substituents is 1. The van der Waals surface area contributed by atoms with Crippen LogP contribution in [-0.4, -0.2) is 44.8 Å². The number of aliphatic hydroxyl groups excluding tert-OH is 2. The van der Waals surface area contributed by atoms with Gasteiger partial charge in [0.25, 0.3) is 5.69 Å². The maximum Gasteiger partial charge on any atom is 0.271 e. The van der Waals surface area contributed by atoms with Crippen LogP contribution in [-0.2, 0) is 9.59 Å². The molecule has 0 aromatic heterocycles. The molecule has 0 unspecified atom stereocenters. The highest BCUT2D eigenvalue weighted by Gasteiger charge is 2.55. The highest BCUT2D eigenvalue weighted by Crippen LogP contribution is 2.49. The lowest BCUT2D eigenvalue weighted by molar-refractivity contribution is -0.384. The summed E-state index contributed by atoms with van der Waals surface area (Å²) >= 11 is 0. The first-order valence-corrected chi connectivity index (χ1v) is 14.2. The number of fused-ring (bicyclic) bond motifs is 1. The van der Waals surface area contributed by atoms with E-state index in [1.807, 2.05) is 26.0 Å². The van der Waals surface area contributed by atoms with Gasteiger partial charge in [-0.3, -0.25) is 19.7 Å². The number of carbonyl (C=O) groups is 2. The molecule has 2 aliphatic rings. The van der Waals surface area contributed by atoms with Gasteiger partial charge in [-0.15, -0.1) is 0 Å². The molecule has 1 fully saturated rings. The van der Waals surface area contributed by atoms with Crippen molar-refractivity contribution >= 4 is 29.3 Å². The summed E-state index contributed by atoms with van der Waals surface area (Å²) in [6.45, 7) is 5.61. The summed E-state index contributed by atoms with van der Waals surface area (Å²) in [5.74, 6) is -3.12. The van der Waals surface area contributed by atoms with Crippen LogP contribution in [0.3, 0.4) is 0 Å². The summed E-state index contributed by atoms with van der Waals surface area (Å²) in [5.41, 5.74) is 3.38. The van der Waals surface area contributed by atoms with Crippen LogP contribution in [0, 0.1) is 33.8 Å². The van der Waals surface area contributed by atoms with E-state index in [2.05, 4.69) is 6.92 Å². The van der Waals surface area contributed by atoms with Crippen molar-refractivity contribution < 1.29 is 29.8 Å². The Morgan fingerprint density at radius 3 is 2.49 bits per heavy atom.